The molecule has 3 rings (SSSR count). The van der Waals surface area contributed by atoms with Gasteiger partial charge < -0.3 is 0 Å². The van der Waals surface area contributed by atoms with Crippen LogP contribution in [0.15, 0.2) is 42.5 Å². The number of carbonyl (C=O) groups excluding carboxylic acids is 1. The second kappa shape index (κ2) is 5.37. The maximum Gasteiger partial charge on any atom is 0.145 e. The van der Waals surface area contributed by atoms with Gasteiger partial charge in [0.25, 0.3) is 0 Å². The average Bonchev–Trinajstić information content (AvgIpc) is 2.88. The molecule has 0 amide bonds. The predicted molar refractivity (Wildman–Crippen MR) is 77.5 cm³/mol. The van der Waals surface area contributed by atoms with E-state index < -0.39 is 5.82 Å². The van der Waals surface area contributed by atoms with Crippen LogP contribution < -0.4 is 0 Å². The Hall–Kier alpha value is -1.67. The zero-order valence-electron chi connectivity index (χ0n) is 10.9. The fourth-order valence-corrected chi connectivity index (χ4v) is 3.00. The van der Waals surface area contributed by atoms with Crippen LogP contribution in [-0.4, -0.2) is 5.78 Å². The number of hydrogen-bond acceptors (Lipinski definition) is 1. The Morgan fingerprint density at radius 1 is 1.10 bits per heavy atom. The number of benzene rings is 2. The Morgan fingerprint density at radius 2 is 1.75 bits per heavy atom. The van der Waals surface area contributed by atoms with Crippen LogP contribution in [0.3, 0.4) is 0 Å². The second-order valence-corrected chi connectivity index (χ2v) is 5.64. The smallest absolute Gasteiger partial charge is 0.145 e. The van der Waals surface area contributed by atoms with E-state index in [-0.39, 0.29) is 23.1 Å². The van der Waals surface area contributed by atoms with Crippen molar-refractivity contribution in [3.8, 4) is 0 Å². The molecule has 0 saturated carbocycles. The SMILES string of the molecule is O=C(Cc1cccc(Cl)c1F)C1Cc2ccccc2C1. The average molecular weight is 289 g/mol. The summed E-state index contributed by atoms with van der Waals surface area (Å²) in [7, 11) is 0. The molecule has 1 aliphatic rings. The summed E-state index contributed by atoms with van der Waals surface area (Å²) in [6, 6.07) is 12.9. The Labute approximate surface area is 122 Å². The van der Waals surface area contributed by atoms with Crippen LogP contribution >= 0.6 is 11.6 Å². The van der Waals surface area contributed by atoms with Gasteiger partial charge in [-0.3, -0.25) is 4.79 Å². The van der Waals surface area contributed by atoms with Gasteiger partial charge >= 0.3 is 0 Å². The van der Waals surface area contributed by atoms with E-state index in [2.05, 4.69) is 12.1 Å². The molecule has 0 fully saturated rings. The Bertz CT molecular complexity index is 641. The molecule has 2 aromatic carbocycles. The predicted octanol–water partition coefficient (Wildman–Crippen LogP) is 4.01. The fraction of sp³-hybridized carbons (Fsp3) is 0.235. The minimum atomic E-state index is -0.474. The van der Waals surface area contributed by atoms with Crippen LogP contribution in [0.1, 0.15) is 16.7 Å². The molecule has 0 heterocycles. The maximum absolute atomic E-state index is 13.8. The highest BCUT2D eigenvalue weighted by Crippen LogP contribution is 2.28. The minimum Gasteiger partial charge on any atom is -0.299 e. The first-order chi connectivity index (χ1) is 9.65. The molecule has 2 aromatic rings. The van der Waals surface area contributed by atoms with Gasteiger partial charge in [-0.15, -0.1) is 0 Å². The van der Waals surface area contributed by atoms with Crippen molar-refractivity contribution in [1.82, 2.24) is 0 Å². The molecule has 1 nitrogen and oxygen atoms in total. The number of rotatable bonds is 3. The van der Waals surface area contributed by atoms with E-state index >= 15 is 0 Å². The summed E-state index contributed by atoms with van der Waals surface area (Å²) in [5, 5.41) is 0.0741. The third-order valence-electron chi connectivity index (χ3n) is 3.90. The van der Waals surface area contributed by atoms with E-state index in [0.29, 0.717) is 5.56 Å². The van der Waals surface area contributed by atoms with E-state index in [1.165, 1.54) is 17.2 Å². The number of fused-ring (bicyclic) bond motifs is 1. The van der Waals surface area contributed by atoms with Crippen LogP contribution in [0.4, 0.5) is 4.39 Å². The van der Waals surface area contributed by atoms with Crippen molar-refractivity contribution in [2.75, 3.05) is 0 Å². The summed E-state index contributed by atoms with van der Waals surface area (Å²) in [5.41, 5.74) is 2.85. The van der Waals surface area contributed by atoms with Crippen molar-refractivity contribution < 1.29 is 9.18 Å². The quantitative estimate of drug-likeness (QED) is 0.834. The summed E-state index contributed by atoms with van der Waals surface area (Å²) in [4.78, 5) is 12.3. The molecule has 1 aliphatic carbocycles. The summed E-state index contributed by atoms with van der Waals surface area (Å²) >= 11 is 5.74. The van der Waals surface area contributed by atoms with Gasteiger partial charge in [-0.2, -0.15) is 0 Å². The number of Topliss-reactive ketones (excluding diaryl/α,β-unsaturated/α-hetero) is 1. The van der Waals surface area contributed by atoms with Gasteiger partial charge in [0.05, 0.1) is 5.02 Å². The molecule has 0 atom stereocenters. The highest BCUT2D eigenvalue weighted by Gasteiger charge is 2.27. The van der Waals surface area contributed by atoms with Gasteiger partial charge in [0.15, 0.2) is 0 Å². The summed E-state index contributed by atoms with van der Waals surface area (Å²) in [6.45, 7) is 0. The van der Waals surface area contributed by atoms with E-state index in [9.17, 15) is 9.18 Å². The molecule has 0 bridgehead atoms. The number of halogens is 2. The minimum absolute atomic E-state index is 0.0363. The van der Waals surface area contributed by atoms with Crippen LogP contribution in [0.2, 0.25) is 5.02 Å². The first kappa shape index (κ1) is 13.3. The third kappa shape index (κ3) is 2.48. The van der Waals surface area contributed by atoms with Gasteiger partial charge in [-0.25, -0.2) is 4.39 Å². The van der Waals surface area contributed by atoms with E-state index in [4.69, 9.17) is 11.6 Å². The molecule has 0 radical (unpaired) electrons. The zero-order chi connectivity index (χ0) is 14.1. The first-order valence-electron chi connectivity index (χ1n) is 6.67. The summed E-state index contributed by atoms with van der Waals surface area (Å²) < 4.78 is 13.8. The van der Waals surface area contributed by atoms with Crippen molar-refractivity contribution in [2.45, 2.75) is 19.3 Å². The topological polar surface area (TPSA) is 17.1 Å². The van der Waals surface area contributed by atoms with Crippen LogP contribution in [-0.2, 0) is 24.1 Å². The third-order valence-corrected chi connectivity index (χ3v) is 4.19. The highest BCUT2D eigenvalue weighted by atomic mass is 35.5. The fourth-order valence-electron chi connectivity index (χ4n) is 2.80. The molecule has 20 heavy (non-hydrogen) atoms. The molecule has 0 unspecified atom stereocenters. The van der Waals surface area contributed by atoms with Gasteiger partial charge in [0, 0.05) is 12.3 Å². The largest absolute Gasteiger partial charge is 0.299 e. The molecule has 3 heteroatoms. The van der Waals surface area contributed by atoms with Crippen LogP contribution in [0, 0.1) is 11.7 Å². The first-order valence-corrected chi connectivity index (χ1v) is 7.05. The molecule has 0 N–H and O–H groups in total. The lowest BCUT2D eigenvalue weighted by Gasteiger charge is -2.09. The molecule has 0 aliphatic heterocycles. The van der Waals surface area contributed by atoms with Crippen molar-refractivity contribution in [3.05, 3.63) is 70.0 Å². The lowest BCUT2D eigenvalue weighted by atomic mass is 9.95. The van der Waals surface area contributed by atoms with Crippen LogP contribution in [0.5, 0.6) is 0 Å². The second-order valence-electron chi connectivity index (χ2n) is 5.23. The lowest BCUT2D eigenvalue weighted by molar-refractivity contribution is -0.122. The Balaban J connectivity index is 1.74. The molecule has 0 saturated heterocycles. The van der Waals surface area contributed by atoms with Gasteiger partial charge in [-0.05, 0) is 35.6 Å². The Kier molecular flexibility index (Phi) is 3.58. The van der Waals surface area contributed by atoms with E-state index in [1.54, 1.807) is 12.1 Å². The zero-order valence-corrected chi connectivity index (χ0v) is 11.7. The van der Waals surface area contributed by atoms with Crippen molar-refractivity contribution in [2.24, 2.45) is 5.92 Å². The summed E-state index contributed by atoms with van der Waals surface area (Å²) in [6.07, 6.45) is 1.64. The number of carbonyl (C=O) groups is 1. The highest BCUT2D eigenvalue weighted by molar-refractivity contribution is 6.30. The molecular formula is C17H14ClFO. The number of hydrogen-bond donors (Lipinski definition) is 0. The standard InChI is InChI=1S/C17H14ClFO/c18-15-7-3-6-13(17(15)19)10-16(20)14-8-11-4-1-2-5-12(11)9-14/h1-7,14H,8-10H2. The van der Waals surface area contributed by atoms with Gasteiger partial charge in [0.1, 0.15) is 11.6 Å². The molecular weight excluding hydrogens is 275 g/mol. The lowest BCUT2D eigenvalue weighted by Crippen LogP contribution is -2.17. The van der Waals surface area contributed by atoms with E-state index in [0.717, 1.165) is 12.8 Å². The monoisotopic (exact) mass is 288 g/mol. The van der Waals surface area contributed by atoms with Gasteiger partial charge in [0.2, 0.25) is 0 Å². The molecule has 0 aromatic heterocycles. The molecule has 0 spiro atoms. The van der Waals surface area contributed by atoms with E-state index in [1.807, 2.05) is 12.1 Å². The normalized spacial score (nSPS) is 14.3. The van der Waals surface area contributed by atoms with Gasteiger partial charge in [-0.1, -0.05) is 48.0 Å². The van der Waals surface area contributed by atoms with Crippen molar-refractivity contribution in [1.29, 1.82) is 0 Å². The molecule has 102 valence electrons. The van der Waals surface area contributed by atoms with Crippen molar-refractivity contribution in [3.63, 3.8) is 0 Å². The van der Waals surface area contributed by atoms with Crippen molar-refractivity contribution >= 4 is 17.4 Å². The summed E-state index contributed by atoms with van der Waals surface area (Å²) in [5.74, 6) is -0.425. The van der Waals surface area contributed by atoms with Crippen LogP contribution in [0.25, 0.3) is 0 Å². The maximum atomic E-state index is 13.8. The Morgan fingerprint density at radius 3 is 2.40 bits per heavy atom. The number of ketones is 1.